The molecule has 0 spiro atoms. The third-order valence-corrected chi connectivity index (χ3v) is 2.18. The van der Waals surface area contributed by atoms with E-state index in [0.717, 1.165) is 29.9 Å². The number of aromatic nitrogens is 1. The Morgan fingerprint density at radius 3 is 2.71 bits per heavy atom. The van der Waals surface area contributed by atoms with Crippen LogP contribution in [0.25, 0.3) is 0 Å². The minimum absolute atomic E-state index is 0.106. The fourth-order valence-electron chi connectivity index (χ4n) is 1.47. The highest BCUT2D eigenvalue weighted by Crippen LogP contribution is 2.09. The fourth-order valence-corrected chi connectivity index (χ4v) is 1.47. The lowest BCUT2D eigenvalue weighted by molar-refractivity contribution is -0.120. The van der Waals surface area contributed by atoms with E-state index in [2.05, 4.69) is 10.3 Å². The molecule has 1 amide bonds. The summed E-state index contributed by atoms with van der Waals surface area (Å²) in [5.74, 6) is 0.106. The van der Waals surface area contributed by atoms with Gasteiger partial charge in [0, 0.05) is 17.9 Å². The van der Waals surface area contributed by atoms with Crippen molar-refractivity contribution in [2.75, 3.05) is 6.54 Å². The van der Waals surface area contributed by atoms with Gasteiger partial charge in [-0.25, -0.2) is 0 Å². The zero-order chi connectivity index (χ0) is 10.6. The molecular weight excluding hydrogens is 176 g/mol. The zero-order valence-corrected chi connectivity index (χ0v) is 9.11. The number of hydrogen-bond acceptors (Lipinski definition) is 1. The molecule has 0 radical (unpaired) electrons. The molecule has 0 saturated carbocycles. The summed E-state index contributed by atoms with van der Waals surface area (Å²) in [5, 5.41) is 2.86. The Labute approximate surface area is 84.9 Å². The van der Waals surface area contributed by atoms with Gasteiger partial charge in [0.05, 0.1) is 6.42 Å². The molecule has 3 nitrogen and oxygen atoms in total. The van der Waals surface area contributed by atoms with Crippen molar-refractivity contribution in [2.24, 2.45) is 0 Å². The van der Waals surface area contributed by atoms with Gasteiger partial charge in [-0.15, -0.1) is 0 Å². The molecule has 0 fully saturated rings. The van der Waals surface area contributed by atoms with E-state index >= 15 is 0 Å². The van der Waals surface area contributed by atoms with Crippen LogP contribution >= 0.6 is 0 Å². The highest BCUT2D eigenvalue weighted by Gasteiger charge is 2.06. The Bertz CT molecular complexity index is 315. The molecule has 0 aliphatic heterocycles. The van der Waals surface area contributed by atoms with Crippen LogP contribution in [0.15, 0.2) is 6.07 Å². The van der Waals surface area contributed by atoms with E-state index in [1.165, 1.54) is 0 Å². The van der Waals surface area contributed by atoms with E-state index < -0.39 is 0 Å². The Hall–Kier alpha value is -1.25. The second-order valence-electron chi connectivity index (χ2n) is 3.63. The van der Waals surface area contributed by atoms with Crippen molar-refractivity contribution in [3.05, 3.63) is 23.0 Å². The molecule has 1 heterocycles. The molecule has 0 aliphatic rings. The number of amides is 1. The highest BCUT2D eigenvalue weighted by atomic mass is 16.1. The first-order valence-corrected chi connectivity index (χ1v) is 5.05. The summed E-state index contributed by atoms with van der Waals surface area (Å²) >= 11 is 0. The fraction of sp³-hybridized carbons (Fsp3) is 0.545. The molecule has 0 unspecified atom stereocenters. The van der Waals surface area contributed by atoms with E-state index in [1.54, 1.807) is 0 Å². The maximum absolute atomic E-state index is 11.4. The first kappa shape index (κ1) is 10.8. The van der Waals surface area contributed by atoms with Gasteiger partial charge in [-0.1, -0.05) is 6.92 Å². The highest BCUT2D eigenvalue weighted by molar-refractivity contribution is 5.78. The number of carbonyl (C=O) groups is 1. The van der Waals surface area contributed by atoms with Gasteiger partial charge in [-0.2, -0.15) is 0 Å². The van der Waals surface area contributed by atoms with E-state index in [4.69, 9.17) is 0 Å². The second-order valence-corrected chi connectivity index (χ2v) is 3.63. The molecule has 0 aliphatic carbocycles. The van der Waals surface area contributed by atoms with Gasteiger partial charge < -0.3 is 10.3 Å². The van der Waals surface area contributed by atoms with Crippen molar-refractivity contribution in [2.45, 2.75) is 33.6 Å². The van der Waals surface area contributed by atoms with Gasteiger partial charge in [-0.3, -0.25) is 4.79 Å². The van der Waals surface area contributed by atoms with Gasteiger partial charge >= 0.3 is 0 Å². The van der Waals surface area contributed by atoms with Crippen molar-refractivity contribution >= 4 is 5.91 Å². The number of rotatable bonds is 4. The molecule has 0 saturated heterocycles. The minimum atomic E-state index is 0.106. The third kappa shape index (κ3) is 2.91. The molecule has 1 rings (SSSR count). The Morgan fingerprint density at radius 2 is 2.21 bits per heavy atom. The molecule has 3 heteroatoms. The smallest absolute Gasteiger partial charge is 0.224 e. The van der Waals surface area contributed by atoms with E-state index in [1.807, 2.05) is 26.8 Å². The van der Waals surface area contributed by atoms with Gasteiger partial charge in [0.2, 0.25) is 5.91 Å². The summed E-state index contributed by atoms with van der Waals surface area (Å²) < 4.78 is 0. The third-order valence-electron chi connectivity index (χ3n) is 2.18. The van der Waals surface area contributed by atoms with Crippen LogP contribution in [0.1, 0.15) is 30.3 Å². The largest absolute Gasteiger partial charge is 0.362 e. The quantitative estimate of drug-likeness (QED) is 0.753. The molecule has 78 valence electrons. The summed E-state index contributed by atoms with van der Waals surface area (Å²) in [6.45, 7) is 6.81. The van der Waals surface area contributed by atoms with Crippen LogP contribution in [0.2, 0.25) is 0 Å². The first-order chi connectivity index (χ1) is 6.63. The Kier molecular flexibility index (Phi) is 3.74. The maximum atomic E-state index is 11.4. The summed E-state index contributed by atoms with van der Waals surface area (Å²) in [7, 11) is 0. The zero-order valence-electron chi connectivity index (χ0n) is 9.11. The van der Waals surface area contributed by atoms with Gasteiger partial charge in [0.25, 0.3) is 0 Å². The van der Waals surface area contributed by atoms with Crippen molar-refractivity contribution in [3.63, 3.8) is 0 Å². The van der Waals surface area contributed by atoms with Gasteiger partial charge in [-0.05, 0) is 31.9 Å². The van der Waals surface area contributed by atoms with Crippen LogP contribution in [0.4, 0.5) is 0 Å². The molecular formula is C11H18N2O. The predicted molar refractivity (Wildman–Crippen MR) is 57.3 cm³/mol. The van der Waals surface area contributed by atoms with Crippen LogP contribution in [0.5, 0.6) is 0 Å². The van der Waals surface area contributed by atoms with Crippen LogP contribution in [-0.4, -0.2) is 17.4 Å². The van der Waals surface area contributed by atoms with Gasteiger partial charge in [0.15, 0.2) is 0 Å². The first-order valence-electron chi connectivity index (χ1n) is 5.05. The van der Waals surface area contributed by atoms with Crippen LogP contribution in [0, 0.1) is 13.8 Å². The van der Waals surface area contributed by atoms with Crippen molar-refractivity contribution in [1.82, 2.24) is 10.3 Å². The Balaban J connectivity index is 2.51. The average molecular weight is 194 g/mol. The van der Waals surface area contributed by atoms with Crippen LogP contribution in [0.3, 0.4) is 0 Å². The average Bonchev–Trinajstić information content (AvgIpc) is 2.42. The molecule has 14 heavy (non-hydrogen) atoms. The van der Waals surface area contributed by atoms with E-state index in [-0.39, 0.29) is 5.91 Å². The minimum Gasteiger partial charge on any atom is -0.362 e. The topological polar surface area (TPSA) is 44.9 Å². The molecule has 0 atom stereocenters. The molecule has 2 N–H and O–H groups in total. The SMILES string of the molecule is CCCNC(=O)Cc1cc(C)[nH]c1C. The second kappa shape index (κ2) is 4.84. The lowest BCUT2D eigenvalue weighted by Crippen LogP contribution is -2.25. The number of nitrogens with one attached hydrogen (secondary N) is 2. The standard InChI is InChI=1S/C11H18N2O/c1-4-5-12-11(14)7-10-6-8(2)13-9(10)3/h6,13H,4-5,7H2,1-3H3,(H,12,14). The number of aromatic amines is 1. The van der Waals surface area contributed by atoms with E-state index in [0.29, 0.717) is 6.42 Å². The molecule has 0 aromatic carbocycles. The molecule has 0 bridgehead atoms. The van der Waals surface area contributed by atoms with Crippen molar-refractivity contribution in [1.29, 1.82) is 0 Å². The Morgan fingerprint density at radius 1 is 1.50 bits per heavy atom. The molecule has 1 aromatic rings. The number of carbonyl (C=O) groups excluding carboxylic acids is 1. The number of H-pyrrole nitrogens is 1. The summed E-state index contributed by atoms with van der Waals surface area (Å²) in [5.41, 5.74) is 3.30. The number of aryl methyl sites for hydroxylation is 2. The lowest BCUT2D eigenvalue weighted by Gasteiger charge is -2.02. The summed E-state index contributed by atoms with van der Waals surface area (Å²) in [6, 6.07) is 2.03. The maximum Gasteiger partial charge on any atom is 0.224 e. The van der Waals surface area contributed by atoms with E-state index in [9.17, 15) is 4.79 Å². The van der Waals surface area contributed by atoms with Crippen molar-refractivity contribution < 1.29 is 4.79 Å². The van der Waals surface area contributed by atoms with Gasteiger partial charge in [0.1, 0.15) is 0 Å². The lowest BCUT2D eigenvalue weighted by atomic mass is 10.1. The molecule has 1 aromatic heterocycles. The normalized spacial score (nSPS) is 10.2. The van der Waals surface area contributed by atoms with Crippen LogP contribution in [-0.2, 0) is 11.2 Å². The van der Waals surface area contributed by atoms with Crippen LogP contribution < -0.4 is 5.32 Å². The number of hydrogen-bond donors (Lipinski definition) is 2. The predicted octanol–water partition coefficient (Wildman–Crippen LogP) is 1.70. The van der Waals surface area contributed by atoms with Crippen molar-refractivity contribution in [3.8, 4) is 0 Å². The summed E-state index contributed by atoms with van der Waals surface area (Å²) in [4.78, 5) is 14.6. The monoisotopic (exact) mass is 194 g/mol. The summed E-state index contributed by atoms with van der Waals surface area (Å²) in [6.07, 6.45) is 1.47.